The average Bonchev–Trinajstić information content (AvgIpc) is 3.47. The molecule has 1 aromatic carbocycles. The number of carbonyl (C=O) groups is 1. The second-order valence-corrected chi connectivity index (χ2v) is 8.94. The summed E-state index contributed by atoms with van der Waals surface area (Å²) in [5, 5.41) is 14.6. The van der Waals surface area contributed by atoms with Crippen molar-refractivity contribution in [1.29, 1.82) is 0 Å². The van der Waals surface area contributed by atoms with Crippen molar-refractivity contribution in [2.45, 2.75) is 44.1 Å². The normalized spacial score (nSPS) is 16.2. The van der Waals surface area contributed by atoms with Crippen LogP contribution < -0.4 is 5.32 Å². The number of nitrogens with zero attached hydrogens (tertiary/aromatic N) is 3. The monoisotopic (exact) mass is 428 g/mol. The lowest BCUT2D eigenvalue weighted by molar-refractivity contribution is 0.0953. The van der Waals surface area contributed by atoms with Gasteiger partial charge in [-0.2, -0.15) is 0 Å². The fourth-order valence-electron chi connectivity index (χ4n) is 3.27. The van der Waals surface area contributed by atoms with E-state index in [4.69, 9.17) is 4.74 Å². The molecule has 8 heteroatoms. The van der Waals surface area contributed by atoms with Crippen molar-refractivity contribution < 1.29 is 9.53 Å². The van der Waals surface area contributed by atoms with Crippen molar-refractivity contribution in [3.05, 3.63) is 63.6 Å². The van der Waals surface area contributed by atoms with Gasteiger partial charge in [0, 0.05) is 12.4 Å². The lowest BCUT2D eigenvalue weighted by Gasteiger charge is -2.12. The number of hydrogen-bond acceptors (Lipinski definition) is 6. The molecule has 0 bridgehead atoms. The fourth-order valence-corrected chi connectivity index (χ4v) is 5.13. The molecule has 1 fully saturated rings. The standard InChI is InChI=1S/C21H24N4O2S2/c1-15-9-11-28-19(15)20(26)22-12-18-23-24-21(29-14-17-8-5-10-27-17)25(18)13-16-6-3-2-4-7-16/h2-4,6-7,9,11,17H,5,8,10,12-14H2,1H3,(H,22,26)/t17-/m1/s1. The van der Waals surface area contributed by atoms with Crippen LogP contribution in [0.4, 0.5) is 0 Å². The smallest absolute Gasteiger partial charge is 0.261 e. The van der Waals surface area contributed by atoms with Crippen LogP contribution in [0.3, 0.4) is 0 Å². The summed E-state index contributed by atoms with van der Waals surface area (Å²) in [6, 6.07) is 12.2. The first-order valence-electron chi connectivity index (χ1n) is 9.73. The zero-order valence-corrected chi connectivity index (χ0v) is 18.0. The Morgan fingerprint density at radius 1 is 1.31 bits per heavy atom. The van der Waals surface area contributed by atoms with Gasteiger partial charge in [0.1, 0.15) is 0 Å². The molecule has 0 aliphatic carbocycles. The molecule has 152 valence electrons. The number of carbonyl (C=O) groups excluding carboxylic acids is 1. The van der Waals surface area contributed by atoms with Gasteiger partial charge in [0.2, 0.25) is 0 Å². The van der Waals surface area contributed by atoms with Crippen LogP contribution in [0.1, 0.15) is 39.5 Å². The lowest BCUT2D eigenvalue weighted by Crippen LogP contribution is -2.25. The second kappa shape index (κ2) is 9.56. The third kappa shape index (κ3) is 5.07. The first-order chi connectivity index (χ1) is 14.2. The SMILES string of the molecule is Cc1ccsc1C(=O)NCc1nnc(SC[C@H]2CCCO2)n1Cc1ccccc1. The Balaban J connectivity index is 1.48. The lowest BCUT2D eigenvalue weighted by atomic mass is 10.2. The summed E-state index contributed by atoms with van der Waals surface area (Å²) in [5.41, 5.74) is 2.17. The Morgan fingerprint density at radius 2 is 2.17 bits per heavy atom. The van der Waals surface area contributed by atoms with Gasteiger partial charge in [-0.15, -0.1) is 21.5 Å². The van der Waals surface area contributed by atoms with Gasteiger partial charge in [-0.3, -0.25) is 4.79 Å². The molecule has 1 N–H and O–H groups in total. The van der Waals surface area contributed by atoms with Crippen molar-refractivity contribution in [1.82, 2.24) is 20.1 Å². The van der Waals surface area contributed by atoms with Crippen LogP contribution in [-0.4, -0.2) is 39.1 Å². The van der Waals surface area contributed by atoms with Crippen LogP contribution >= 0.6 is 23.1 Å². The van der Waals surface area contributed by atoms with Crippen molar-refractivity contribution in [2.24, 2.45) is 0 Å². The Kier molecular flexibility index (Phi) is 6.63. The molecule has 1 atom stereocenters. The highest BCUT2D eigenvalue weighted by Crippen LogP contribution is 2.24. The van der Waals surface area contributed by atoms with E-state index in [9.17, 15) is 4.79 Å². The van der Waals surface area contributed by atoms with Crippen LogP contribution in [-0.2, 0) is 17.8 Å². The predicted octanol–water partition coefficient (Wildman–Crippen LogP) is 3.90. The van der Waals surface area contributed by atoms with E-state index >= 15 is 0 Å². The molecule has 1 amide bonds. The highest BCUT2D eigenvalue weighted by atomic mass is 32.2. The molecule has 0 spiro atoms. The van der Waals surface area contributed by atoms with Crippen LogP contribution in [0.15, 0.2) is 46.9 Å². The second-order valence-electron chi connectivity index (χ2n) is 7.03. The maximum atomic E-state index is 12.5. The third-order valence-corrected chi connectivity index (χ3v) is 6.99. The topological polar surface area (TPSA) is 69.0 Å². The molecular weight excluding hydrogens is 404 g/mol. The van der Waals surface area contributed by atoms with Crippen molar-refractivity contribution in [3.63, 3.8) is 0 Å². The largest absolute Gasteiger partial charge is 0.377 e. The Hall–Kier alpha value is -2.16. The van der Waals surface area contributed by atoms with E-state index in [1.165, 1.54) is 16.9 Å². The molecule has 0 radical (unpaired) electrons. The molecular formula is C21H24N4O2S2. The molecule has 1 aliphatic rings. The van der Waals surface area contributed by atoms with Crippen LogP contribution in [0.25, 0.3) is 0 Å². The predicted molar refractivity (Wildman–Crippen MR) is 115 cm³/mol. The summed E-state index contributed by atoms with van der Waals surface area (Å²) in [5.74, 6) is 1.56. The summed E-state index contributed by atoms with van der Waals surface area (Å²) in [6.07, 6.45) is 2.51. The number of thioether (sulfide) groups is 1. The minimum Gasteiger partial charge on any atom is -0.377 e. The van der Waals surface area contributed by atoms with Crippen molar-refractivity contribution >= 4 is 29.0 Å². The number of nitrogens with one attached hydrogen (secondary N) is 1. The van der Waals surface area contributed by atoms with E-state index in [1.54, 1.807) is 11.8 Å². The van der Waals surface area contributed by atoms with Crippen molar-refractivity contribution in [2.75, 3.05) is 12.4 Å². The maximum Gasteiger partial charge on any atom is 0.261 e. The van der Waals surface area contributed by atoms with Gasteiger partial charge in [-0.25, -0.2) is 0 Å². The molecule has 3 heterocycles. The molecule has 6 nitrogen and oxygen atoms in total. The van der Waals surface area contributed by atoms with Gasteiger partial charge in [-0.1, -0.05) is 42.1 Å². The molecule has 1 saturated heterocycles. The van der Waals surface area contributed by atoms with Gasteiger partial charge < -0.3 is 14.6 Å². The summed E-state index contributed by atoms with van der Waals surface area (Å²) in [6.45, 7) is 3.81. The summed E-state index contributed by atoms with van der Waals surface area (Å²) in [7, 11) is 0. The molecule has 2 aromatic heterocycles. The van der Waals surface area contributed by atoms with Crippen LogP contribution in [0, 0.1) is 6.92 Å². The highest BCUT2D eigenvalue weighted by Gasteiger charge is 2.20. The molecule has 0 saturated carbocycles. The van der Waals surface area contributed by atoms with E-state index in [1.807, 2.05) is 36.6 Å². The number of rotatable bonds is 8. The minimum absolute atomic E-state index is 0.0691. The number of aromatic nitrogens is 3. The maximum absolute atomic E-state index is 12.5. The first-order valence-corrected chi connectivity index (χ1v) is 11.6. The number of ether oxygens (including phenoxy) is 1. The summed E-state index contributed by atoms with van der Waals surface area (Å²) in [4.78, 5) is 13.2. The number of amides is 1. The van der Waals surface area contributed by atoms with E-state index in [-0.39, 0.29) is 12.0 Å². The average molecular weight is 429 g/mol. The van der Waals surface area contributed by atoms with Gasteiger partial charge in [0.05, 0.1) is 24.1 Å². The van der Waals surface area contributed by atoms with Gasteiger partial charge in [0.25, 0.3) is 5.91 Å². The fraction of sp³-hybridized carbons (Fsp3) is 0.381. The third-order valence-electron chi connectivity index (χ3n) is 4.87. The quantitative estimate of drug-likeness (QED) is 0.551. The Bertz CT molecular complexity index is 949. The van der Waals surface area contributed by atoms with Gasteiger partial charge in [-0.05, 0) is 42.3 Å². The Labute approximate surface area is 178 Å². The number of aryl methyl sites for hydroxylation is 1. The molecule has 4 rings (SSSR count). The molecule has 0 unspecified atom stereocenters. The molecule has 29 heavy (non-hydrogen) atoms. The van der Waals surface area contributed by atoms with E-state index < -0.39 is 0 Å². The van der Waals surface area contributed by atoms with Crippen LogP contribution in [0.5, 0.6) is 0 Å². The first kappa shape index (κ1) is 20.1. The number of benzene rings is 1. The van der Waals surface area contributed by atoms with Gasteiger partial charge >= 0.3 is 0 Å². The van der Waals surface area contributed by atoms with Crippen molar-refractivity contribution in [3.8, 4) is 0 Å². The van der Waals surface area contributed by atoms with Gasteiger partial charge in [0.15, 0.2) is 11.0 Å². The molecule has 3 aromatic rings. The molecule has 1 aliphatic heterocycles. The zero-order chi connectivity index (χ0) is 20.1. The van der Waals surface area contributed by atoms with E-state index in [0.29, 0.717) is 13.1 Å². The number of thiophene rings is 1. The van der Waals surface area contributed by atoms with Crippen LogP contribution in [0.2, 0.25) is 0 Å². The highest BCUT2D eigenvalue weighted by molar-refractivity contribution is 7.99. The van der Waals surface area contributed by atoms with E-state index in [0.717, 1.165) is 46.6 Å². The number of hydrogen-bond donors (Lipinski definition) is 1. The summed E-state index contributed by atoms with van der Waals surface area (Å²) >= 11 is 3.13. The van der Waals surface area contributed by atoms with E-state index in [2.05, 4.69) is 32.2 Å². The zero-order valence-electron chi connectivity index (χ0n) is 16.3. The minimum atomic E-state index is -0.0691. The summed E-state index contributed by atoms with van der Waals surface area (Å²) < 4.78 is 7.83. The Morgan fingerprint density at radius 3 is 2.90 bits per heavy atom.